The average molecular weight is 662 g/mol. The molecule has 0 aliphatic heterocycles. The predicted molar refractivity (Wildman–Crippen MR) is 192 cm³/mol. The fourth-order valence-corrected chi connectivity index (χ4v) is 12.8. The number of carbonyl (C=O) groups is 3. The summed E-state index contributed by atoms with van der Waals surface area (Å²) in [5, 5.41) is 3.90. The molecule has 0 bridgehead atoms. The highest BCUT2D eigenvalue weighted by atomic mass is 35.5. The Balaban J connectivity index is 1.39. The van der Waals surface area contributed by atoms with E-state index in [1.54, 1.807) is 0 Å². The van der Waals surface area contributed by atoms with Gasteiger partial charge in [-0.25, -0.2) is 0 Å². The van der Waals surface area contributed by atoms with Crippen molar-refractivity contribution < 1.29 is 14.4 Å². The van der Waals surface area contributed by atoms with Crippen molar-refractivity contribution in [1.29, 1.82) is 0 Å². The molecular formula is C42H60ClNO3. The van der Waals surface area contributed by atoms with Gasteiger partial charge >= 0.3 is 0 Å². The summed E-state index contributed by atoms with van der Waals surface area (Å²) in [5.41, 5.74) is 1.87. The van der Waals surface area contributed by atoms with Gasteiger partial charge in [-0.15, -0.1) is 0 Å². The third kappa shape index (κ3) is 4.68. The van der Waals surface area contributed by atoms with Gasteiger partial charge in [0.25, 0.3) is 5.91 Å². The number of allylic oxidation sites excluding steroid dienone is 6. The molecule has 0 radical (unpaired) electrons. The summed E-state index contributed by atoms with van der Waals surface area (Å²) in [7, 11) is 0. The summed E-state index contributed by atoms with van der Waals surface area (Å²) in [6, 6.07) is 0. The molecule has 5 heteroatoms. The van der Waals surface area contributed by atoms with Crippen LogP contribution in [-0.4, -0.2) is 23.0 Å². The Morgan fingerprint density at radius 2 is 1.60 bits per heavy atom. The van der Waals surface area contributed by atoms with E-state index in [2.05, 4.69) is 80.6 Å². The van der Waals surface area contributed by atoms with Crippen LogP contribution in [0.15, 0.2) is 46.1 Å². The van der Waals surface area contributed by atoms with Gasteiger partial charge in [-0.2, -0.15) is 0 Å². The molecule has 4 saturated carbocycles. The minimum absolute atomic E-state index is 0.0181. The third-order valence-electron chi connectivity index (χ3n) is 15.9. The molecule has 6 aliphatic rings. The van der Waals surface area contributed by atoms with Crippen LogP contribution in [-0.2, 0) is 14.4 Å². The maximum atomic E-state index is 14.8. The molecule has 1 amide bonds. The van der Waals surface area contributed by atoms with E-state index in [-0.39, 0.29) is 56.9 Å². The molecule has 0 aromatic carbocycles. The highest BCUT2D eigenvalue weighted by Gasteiger charge is 2.73. The Bertz CT molecular complexity index is 1520. The first-order valence-electron chi connectivity index (χ1n) is 18.7. The van der Waals surface area contributed by atoms with E-state index in [1.165, 1.54) is 6.42 Å². The van der Waals surface area contributed by atoms with E-state index in [1.807, 2.05) is 18.2 Å². The zero-order valence-electron chi connectivity index (χ0n) is 30.9. The molecule has 6 rings (SSSR count). The summed E-state index contributed by atoms with van der Waals surface area (Å²) < 4.78 is 0. The molecule has 7 unspecified atom stereocenters. The third-order valence-corrected chi connectivity index (χ3v) is 16.1. The van der Waals surface area contributed by atoms with E-state index in [9.17, 15) is 14.4 Å². The number of fused-ring (bicyclic) bond motifs is 5. The lowest BCUT2D eigenvalue weighted by molar-refractivity contribution is -0.253. The number of carbonyl (C=O) groups excluding carboxylic acids is 3. The number of ketones is 2. The van der Waals surface area contributed by atoms with Gasteiger partial charge in [-0.1, -0.05) is 99.1 Å². The Labute approximate surface area is 289 Å². The smallest absolute Gasteiger partial charge is 0.289 e. The standard InChI is InChI=1S/C42H60ClNO3/c1-11-37(7)31(36(4,5)6)18-20-40(10)38(8)21-22-41(25-30(45)32(26(2)3)33(41)29(38)17-19-39(37,40)9)34(46)35(47)44-42(23-24-42)27-13-12-14-28(43)16-15-27/h13-16,26,29,31H,11-12,17-25H2,1-10H3,(H,44,47). The highest BCUT2D eigenvalue weighted by molar-refractivity contribution is 6.40. The minimum Gasteiger partial charge on any atom is -0.340 e. The van der Waals surface area contributed by atoms with Gasteiger partial charge in [0.1, 0.15) is 0 Å². The largest absolute Gasteiger partial charge is 0.340 e. The van der Waals surface area contributed by atoms with Gasteiger partial charge in [-0.3, -0.25) is 14.4 Å². The minimum atomic E-state index is -1.03. The van der Waals surface area contributed by atoms with Crippen molar-refractivity contribution in [2.24, 2.45) is 50.2 Å². The summed E-state index contributed by atoms with van der Waals surface area (Å²) in [6.45, 7) is 24.2. The first kappa shape index (κ1) is 34.9. The Morgan fingerprint density at radius 1 is 0.936 bits per heavy atom. The van der Waals surface area contributed by atoms with Crippen molar-refractivity contribution in [3.05, 3.63) is 46.1 Å². The van der Waals surface area contributed by atoms with E-state index in [0.717, 1.165) is 61.7 Å². The SMILES string of the molecule is CCC1(C)C(C(C)(C)C)CCC2(C)C3(C)CCC4(C(=O)C(=O)NC5(C6=CCC=C(Cl)C=C6)CC5)CC(=O)C(C(C)C)=C4C3CCC12C. The van der Waals surface area contributed by atoms with Crippen LogP contribution in [0, 0.1) is 50.2 Å². The van der Waals surface area contributed by atoms with Crippen LogP contribution in [0.1, 0.15) is 140 Å². The van der Waals surface area contributed by atoms with Gasteiger partial charge in [0.05, 0.1) is 11.0 Å². The number of hydrogen-bond acceptors (Lipinski definition) is 3. The number of nitrogens with one attached hydrogen (secondary N) is 1. The monoisotopic (exact) mass is 661 g/mol. The molecule has 6 aliphatic carbocycles. The van der Waals surface area contributed by atoms with Crippen molar-refractivity contribution in [3.8, 4) is 0 Å². The van der Waals surface area contributed by atoms with E-state index in [4.69, 9.17) is 11.6 Å². The van der Waals surface area contributed by atoms with Crippen molar-refractivity contribution in [2.45, 2.75) is 145 Å². The topological polar surface area (TPSA) is 63.2 Å². The molecule has 4 nitrogen and oxygen atoms in total. The Kier molecular flexibility index (Phi) is 8.19. The quantitative estimate of drug-likeness (QED) is 0.288. The van der Waals surface area contributed by atoms with E-state index < -0.39 is 16.9 Å². The van der Waals surface area contributed by atoms with Crippen LogP contribution in [0.2, 0.25) is 0 Å². The van der Waals surface area contributed by atoms with Gasteiger partial charge in [-0.05, 0) is 132 Å². The van der Waals surface area contributed by atoms with Gasteiger partial charge < -0.3 is 5.32 Å². The second-order valence-electron chi connectivity index (χ2n) is 18.7. The van der Waals surface area contributed by atoms with E-state index >= 15 is 0 Å². The molecule has 47 heavy (non-hydrogen) atoms. The van der Waals surface area contributed by atoms with Crippen LogP contribution in [0.4, 0.5) is 0 Å². The zero-order valence-corrected chi connectivity index (χ0v) is 31.7. The Hall–Kier alpha value is -1.94. The molecule has 7 atom stereocenters. The summed E-state index contributed by atoms with van der Waals surface area (Å²) in [4.78, 5) is 43.0. The van der Waals surface area contributed by atoms with Gasteiger partial charge in [0, 0.05) is 11.5 Å². The maximum Gasteiger partial charge on any atom is 0.289 e. The van der Waals surface area contributed by atoms with Crippen molar-refractivity contribution in [1.82, 2.24) is 5.32 Å². The lowest BCUT2D eigenvalue weighted by atomic mass is 9.29. The van der Waals surface area contributed by atoms with Crippen molar-refractivity contribution in [3.63, 3.8) is 0 Å². The summed E-state index contributed by atoms with van der Waals surface area (Å²) in [6.07, 6.45) is 17.4. The fraction of sp³-hybridized carbons (Fsp3) is 0.738. The zero-order chi connectivity index (χ0) is 34.6. The number of rotatable bonds is 6. The van der Waals surface area contributed by atoms with Crippen LogP contribution in [0.5, 0.6) is 0 Å². The second-order valence-corrected chi connectivity index (χ2v) is 19.2. The van der Waals surface area contributed by atoms with Crippen LogP contribution >= 0.6 is 11.6 Å². The molecular weight excluding hydrogens is 602 g/mol. The molecule has 0 aromatic rings. The first-order chi connectivity index (χ1) is 21.8. The second kappa shape index (κ2) is 11.0. The lowest BCUT2D eigenvalue weighted by Gasteiger charge is -2.75. The van der Waals surface area contributed by atoms with Crippen molar-refractivity contribution in [2.75, 3.05) is 0 Å². The number of amides is 1. The molecule has 258 valence electrons. The molecule has 0 aromatic heterocycles. The lowest BCUT2D eigenvalue weighted by Crippen LogP contribution is -2.68. The average Bonchev–Trinajstić information content (AvgIpc) is 3.73. The summed E-state index contributed by atoms with van der Waals surface area (Å²) >= 11 is 6.27. The molecule has 1 N–H and O–H groups in total. The predicted octanol–water partition coefficient (Wildman–Crippen LogP) is 10.2. The fourth-order valence-electron chi connectivity index (χ4n) is 12.7. The van der Waals surface area contributed by atoms with Gasteiger partial charge in [0.15, 0.2) is 5.78 Å². The van der Waals surface area contributed by atoms with Crippen LogP contribution in [0.25, 0.3) is 0 Å². The molecule has 4 fully saturated rings. The van der Waals surface area contributed by atoms with Crippen LogP contribution in [0.3, 0.4) is 0 Å². The number of halogens is 1. The normalized spacial score (nSPS) is 41.0. The first-order valence-corrected chi connectivity index (χ1v) is 19.0. The van der Waals surface area contributed by atoms with Crippen LogP contribution < -0.4 is 5.32 Å². The van der Waals surface area contributed by atoms with Gasteiger partial charge in [0.2, 0.25) is 5.78 Å². The summed E-state index contributed by atoms with van der Waals surface area (Å²) in [5.74, 6) is -0.0420. The van der Waals surface area contributed by atoms with E-state index in [0.29, 0.717) is 23.8 Å². The Morgan fingerprint density at radius 3 is 2.19 bits per heavy atom. The number of hydrogen-bond donors (Lipinski definition) is 1. The maximum absolute atomic E-state index is 14.8. The molecule has 0 heterocycles. The van der Waals surface area contributed by atoms with Crippen molar-refractivity contribution >= 4 is 29.1 Å². The highest BCUT2D eigenvalue weighted by Crippen LogP contribution is 2.80. The molecule has 0 spiro atoms. The molecule has 0 saturated heterocycles. The number of Topliss-reactive ketones (excluding diaryl/α,β-unsaturated/α-hetero) is 2.